The van der Waals surface area contributed by atoms with E-state index < -0.39 is 0 Å². The quantitative estimate of drug-likeness (QED) is 0.417. The van der Waals surface area contributed by atoms with Crippen molar-refractivity contribution in [2.24, 2.45) is 0 Å². The van der Waals surface area contributed by atoms with E-state index in [1.807, 2.05) is 42.5 Å². The highest BCUT2D eigenvalue weighted by atomic mass is 79.9. The fraction of sp³-hybridized carbons (Fsp3) is 0.118. The van der Waals surface area contributed by atoms with Crippen LogP contribution >= 0.6 is 47.8 Å². The van der Waals surface area contributed by atoms with Gasteiger partial charge in [-0.3, -0.25) is 4.79 Å². The molecule has 0 radical (unpaired) electrons. The van der Waals surface area contributed by atoms with E-state index in [9.17, 15) is 4.79 Å². The molecule has 0 fully saturated rings. The van der Waals surface area contributed by atoms with E-state index in [-0.39, 0.29) is 15.1 Å². The molecule has 0 aliphatic rings. The van der Waals surface area contributed by atoms with E-state index in [0.717, 1.165) is 5.56 Å². The number of alkyl halides is 2. The fourth-order valence-electron chi connectivity index (χ4n) is 2.25. The molecule has 0 amide bonds. The minimum absolute atomic E-state index is 0.0192. The Morgan fingerprint density at radius 1 is 0.864 bits per heavy atom. The predicted octanol–water partition coefficient (Wildman–Crippen LogP) is 6.13. The minimum atomic E-state index is -0.179. The van der Waals surface area contributed by atoms with Crippen LogP contribution in [0.4, 0.5) is 0 Å². The summed E-state index contributed by atoms with van der Waals surface area (Å²) in [7, 11) is 0. The van der Waals surface area contributed by atoms with Gasteiger partial charge in [0, 0.05) is 0 Å². The molecule has 0 aliphatic carbocycles. The minimum Gasteiger partial charge on any atom is -0.458 e. The number of fused-ring (bicyclic) bond motifs is 1. The lowest BCUT2D eigenvalue weighted by molar-refractivity contribution is 0.527. The van der Waals surface area contributed by atoms with Crippen molar-refractivity contribution in [1.29, 1.82) is 0 Å². The normalized spacial score (nSPS) is 14.0. The van der Waals surface area contributed by atoms with Gasteiger partial charge in [-0.25, -0.2) is 0 Å². The van der Waals surface area contributed by atoms with Gasteiger partial charge in [0.15, 0.2) is 0 Å². The maximum Gasteiger partial charge on any atom is 0.207 e. The van der Waals surface area contributed by atoms with Gasteiger partial charge in [0.1, 0.15) is 15.8 Å². The zero-order chi connectivity index (χ0) is 15.7. The van der Waals surface area contributed by atoms with E-state index in [2.05, 4.69) is 47.8 Å². The van der Waals surface area contributed by atoms with Crippen LogP contribution in [0, 0.1) is 0 Å². The zero-order valence-electron chi connectivity index (χ0n) is 11.3. The van der Waals surface area contributed by atoms with Crippen molar-refractivity contribution >= 4 is 58.8 Å². The number of rotatable bonds is 3. The van der Waals surface area contributed by atoms with Gasteiger partial charge in [0.2, 0.25) is 5.43 Å². The first kappa shape index (κ1) is 16.0. The van der Waals surface area contributed by atoms with E-state index in [1.165, 1.54) is 0 Å². The summed E-state index contributed by atoms with van der Waals surface area (Å²) in [5, 5.41) is 0.573. The van der Waals surface area contributed by atoms with Crippen LogP contribution in [0.15, 0.2) is 68.3 Å². The van der Waals surface area contributed by atoms with Crippen LogP contribution in [0.5, 0.6) is 0 Å². The summed E-state index contributed by atoms with van der Waals surface area (Å²) in [6, 6.07) is 17.2. The molecule has 0 N–H and O–H groups in total. The van der Waals surface area contributed by atoms with Crippen molar-refractivity contribution in [2.75, 3.05) is 0 Å². The van der Waals surface area contributed by atoms with Crippen LogP contribution in [0.3, 0.4) is 0 Å². The second kappa shape index (κ2) is 6.69. The highest BCUT2D eigenvalue weighted by Crippen LogP contribution is 2.44. The van der Waals surface area contributed by atoms with Crippen LogP contribution < -0.4 is 5.43 Å². The maximum absolute atomic E-state index is 12.5. The number of para-hydroxylation sites is 1. The first-order valence-electron chi connectivity index (χ1n) is 6.64. The average Bonchev–Trinajstić information content (AvgIpc) is 2.57. The molecule has 3 rings (SSSR count). The molecule has 0 saturated carbocycles. The van der Waals surface area contributed by atoms with Crippen LogP contribution in [0.1, 0.15) is 21.0 Å². The molecule has 0 bridgehead atoms. The van der Waals surface area contributed by atoms with Gasteiger partial charge >= 0.3 is 0 Å². The molecule has 112 valence electrons. The Balaban J connectivity index is 2.10. The second-order valence-electron chi connectivity index (χ2n) is 4.82. The molecule has 0 spiro atoms. The van der Waals surface area contributed by atoms with Gasteiger partial charge in [-0.15, -0.1) is 0 Å². The highest BCUT2D eigenvalue weighted by Gasteiger charge is 2.26. The van der Waals surface area contributed by atoms with Crippen molar-refractivity contribution in [1.82, 2.24) is 0 Å². The Morgan fingerprint density at radius 2 is 1.50 bits per heavy atom. The smallest absolute Gasteiger partial charge is 0.207 e. The summed E-state index contributed by atoms with van der Waals surface area (Å²) in [6.45, 7) is 0. The second-order valence-corrected chi connectivity index (χ2v) is 7.59. The van der Waals surface area contributed by atoms with E-state index in [4.69, 9.17) is 4.42 Å². The summed E-state index contributed by atoms with van der Waals surface area (Å²) in [5.41, 5.74) is 1.63. The monoisotopic (exact) mass is 484 g/mol. The Hall–Kier alpha value is -0.910. The molecule has 0 saturated heterocycles. The van der Waals surface area contributed by atoms with Crippen molar-refractivity contribution in [3.8, 4) is 0 Å². The molecule has 2 nitrogen and oxygen atoms in total. The molecular weight excluding hydrogens is 476 g/mol. The molecule has 0 aliphatic heterocycles. The van der Waals surface area contributed by atoms with E-state index in [1.54, 1.807) is 12.1 Å². The lowest BCUT2D eigenvalue weighted by atomic mass is 10.1. The molecule has 0 unspecified atom stereocenters. The standard InChI is InChI=1S/C17H11Br3O2/c18-13(10-6-2-1-3-7-10)14(19)17-15(20)16(21)11-8-4-5-9-12(11)22-17/h1-9,13-14H/t13-,14-/m1/s1. The predicted molar refractivity (Wildman–Crippen MR) is 100.0 cm³/mol. The fourth-order valence-corrected chi connectivity index (χ4v) is 4.27. The van der Waals surface area contributed by atoms with Gasteiger partial charge in [-0.05, 0) is 33.6 Å². The molecule has 22 heavy (non-hydrogen) atoms. The van der Waals surface area contributed by atoms with Gasteiger partial charge in [-0.1, -0.05) is 74.3 Å². The van der Waals surface area contributed by atoms with E-state index >= 15 is 0 Å². The SMILES string of the molecule is O=c1c(Br)c([C@H](Br)[C@H](Br)c2ccccc2)oc2ccccc12. The molecular formula is C17H11Br3O2. The molecule has 1 heterocycles. The number of halogens is 3. The van der Waals surface area contributed by atoms with Crippen molar-refractivity contribution in [3.05, 3.63) is 80.6 Å². The van der Waals surface area contributed by atoms with Crippen LogP contribution in [-0.2, 0) is 0 Å². The van der Waals surface area contributed by atoms with Crippen molar-refractivity contribution in [3.63, 3.8) is 0 Å². The molecule has 3 aromatic rings. The maximum atomic E-state index is 12.5. The van der Waals surface area contributed by atoms with Gasteiger partial charge in [0.05, 0.1) is 15.0 Å². The zero-order valence-corrected chi connectivity index (χ0v) is 16.1. The lowest BCUT2D eigenvalue weighted by Crippen LogP contribution is -2.09. The van der Waals surface area contributed by atoms with Crippen molar-refractivity contribution < 1.29 is 4.42 Å². The molecule has 2 atom stereocenters. The van der Waals surface area contributed by atoms with Gasteiger partial charge in [-0.2, -0.15) is 0 Å². The van der Waals surface area contributed by atoms with Gasteiger partial charge in [0.25, 0.3) is 0 Å². The largest absolute Gasteiger partial charge is 0.458 e. The molecule has 2 aromatic carbocycles. The highest BCUT2D eigenvalue weighted by molar-refractivity contribution is 9.12. The lowest BCUT2D eigenvalue weighted by Gasteiger charge is -2.18. The summed E-state index contributed by atoms with van der Waals surface area (Å²) >= 11 is 10.7. The van der Waals surface area contributed by atoms with Crippen LogP contribution in [0.25, 0.3) is 11.0 Å². The summed E-state index contributed by atoms with van der Waals surface area (Å²) in [5.74, 6) is 0.578. The molecule has 1 aromatic heterocycles. The average molecular weight is 487 g/mol. The van der Waals surface area contributed by atoms with E-state index in [0.29, 0.717) is 21.2 Å². The number of hydrogen-bond donors (Lipinski definition) is 0. The molecule has 5 heteroatoms. The Morgan fingerprint density at radius 3 is 2.23 bits per heavy atom. The third-order valence-electron chi connectivity index (χ3n) is 3.39. The Bertz CT molecular complexity index is 859. The summed E-state index contributed by atoms with van der Waals surface area (Å²) in [6.07, 6.45) is 0. The Kier molecular flexibility index (Phi) is 4.85. The van der Waals surface area contributed by atoms with Crippen LogP contribution in [0.2, 0.25) is 0 Å². The Labute approximate surface area is 152 Å². The number of hydrogen-bond acceptors (Lipinski definition) is 2. The van der Waals surface area contributed by atoms with Gasteiger partial charge < -0.3 is 4.42 Å². The first-order chi connectivity index (χ1) is 10.6. The summed E-state index contributed by atoms with van der Waals surface area (Å²) < 4.78 is 6.41. The van der Waals surface area contributed by atoms with Crippen molar-refractivity contribution in [2.45, 2.75) is 9.65 Å². The first-order valence-corrected chi connectivity index (χ1v) is 9.26. The third-order valence-corrected chi connectivity index (χ3v) is 6.85. The van der Waals surface area contributed by atoms with Crippen LogP contribution in [-0.4, -0.2) is 0 Å². The summed E-state index contributed by atoms with van der Waals surface area (Å²) in [4.78, 5) is 12.3. The topological polar surface area (TPSA) is 30.2 Å². The number of benzene rings is 2. The third kappa shape index (κ3) is 2.94.